The van der Waals surface area contributed by atoms with Gasteiger partial charge in [0, 0.05) is 11.5 Å². The van der Waals surface area contributed by atoms with Gasteiger partial charge in [-0.1, -0.05) is 19.9 Å². The van der Waals surface area contributed by atoms with Crippen molar-refractivity contribution in [3.63, 3.8) is 0 Å². The Hall–Kier alpha value is -1.35. The predicted molar refractivity (Wildman–Crippen MR) is 79.9 cm³/mol. The summed E-state index contributed by atoms with van der Waals surface area (Å²) in [6.45, 7) is 12.1. The van der Waals surface area contributed by atoms with E-state index in [1.807, 2.05) is 13.8 Å². The summed E-state index contributed by atoms with van der Waals surface area (Å²) in [5, 5.41) is 0. The molecule has 0 aromatic heterocycles. The van der Waals surface area contributed by atoms with Crippen LogP contribution in [0.4, 0.5) is 0 Å². The van der Waals surface area contributed by atoms with Crippen LogP contribution in [0.1, 0.15) is 54.1 Å². The fourth-order valence-electron chi connectivity index (χ4n) is 2.56. The van der Waals surface area contributed by atoms with E-state index >= 15 is 0 Å². The van der Waals surface area contributed by atoms with Crippen LogP contribution in [0.25, 0.3) is 0 Å². The molecule has 1 unspecified atom stereocenters. The van der Waals surface area contributed by atoms with Crippen LogP contribution in [-0.2, 0) is 4.79 Å². The molecule has 0 saturated carbocycles. The maximum Gasteiger partial charge on any atom is 0.223 e. The Balaban J connectivity index is 3.21. The molecule has 106 valence electrons. The zero-order valence-electron chi connectivity index (χ0n) is 12.9. The van der Waals surface area contributed by atoms with Crippen LogP contribution in [0.5, 0.6) is 0 Å². The molecule has 3 heteroatoms. The molecule has 0 aliphatic carbocycles. The van der Waals surface area contributed by atoms with Crippen LogP contribution in [0.2, 0.25) is 0 Å². The molecule has 0 bridgehead atoms. The van der Waals surface area contributed by atoms with Crippen LogP contribution < -0.4 is 11.5 Å². The number of hydrogen-bond donors (Lipinski definition) is 2. The van der Waals surface area contributed by atoms with Crippen molar-refractivity contribution in [1.82, 2.24) is 0 Å². The first-order valence-corrected chi connectivity index (χ1v) is 6.70. The first-order valence-electron chi connectivity index (χ1n) is 6.70. The van der Waals surface area contributed by atoms with Crippen molar-refractivity contribution in [2.75, 3.05) is 0 Å². The van der Waals surface area contributed by atoms with Gasteiger partial charge in [-0.2, -0.15) is 0 Å². The molecule has 0 saturated heterocycles. The van der Waals surface area contributed by atoms with Gasteiger partial charge >= 0.3 is 0 Å². The van der Waals surface area contributed by atoms with Gasteiger partial charge < -0.3 is 11.5 Å². The molecule has 1 aromatic rings. The fraction of sp³-hybridized carbons (Fsp3) is 0.562. The van der Waals surface area contributed by atoms with E-state index < -0.39 is 5.41 Å². The van der Waals surface area contributed by atoms with Gasteiger partial charge in [0.15, 0.2) is 0 Å². The molecule has 1 atom stereocenters. The Morgan fingerprint density at radius 3 is 1.95 bits per heavy atom. The molecule has 0 heterocycles. The largest absolute Gasteiger partial charge is 0.369 e. The van der Waals surface area contributed by atoms with E-state index in [1.165, 1.54) is 22.3 Å². The topological polar surface area (TPSA) is 69.1 Å². The van der Waals surface area contributed by atoms with Gasteiger partial charge in [-0.25, -0.2) is 0 Å². The monoisotopic (exact) mass is 262 g/mol. The molecule has 0 fully saturated rings. The van der Waals surface area contributed by atoms with Crippen LogP contribution in [0, 0.1) is 33.1 Å². The molecule has 0 aliphatic rings. The fourth-order valence-corrected chi connectivity index (χ4v) is 2.56. The van der Waals surface area contributed by atoms with Crippen molar-refractivity contribution in [1.29, 1.82) is 0 Å². The lowest BCUT2D eigenvalue weighted by atomic mass is 9.80. The average molecular weight is 262 g/mol. The first kappa shape index (κ1) is 15.7. The standard InChI is InChI=1S/C16H26N2O/c1-9-7-10(2)12(4)14(11(9)3)13(17)8-16(5,6)15(18)19/h7,13H,8,17H2,1-6H3,(H2,18,19). The summed E-state index contributed by atoms with van der Waals surface area (Å²) < 4.78 is 0. The summed E-state index contributed by atoms with van der Waals surface area (Å²) in [6.07, 6.45) is 0.562. The van der Waals surface area contributed by atoms with Gasteiger partial charge in [-0.05, 0) is 61.9 Å². The molecule has 3 nitrogen and oxygen atoms in total. The zero-order chi connectivity index (χ0) is 15.0. The van der Waals surface area contributed by atoms with Gasteiger partial charge in [0.2, 0.25) is 5.91 Å². The highest BCUT2D eigenvalue weighted by Crippen LogP contribution is 2.33. The van der Waals surface area contributed by atoms with Crippen molar-refractivity contribution in [3.05, 3.63) is 33.9 Å². The average Bonchev–Trinajstić information content (AvgIpc) is 2.25. The van der Waals surface area contributed by atoms with Crippen molar-refractivity contribution in [2.24, 2.45) is 16.9 Å². The van der Waals surface area contributed by atoms with E-state index in [-0.39, 0.29) is 11.9 Å². The quantitative estimate of drug-likeness (QED) is 0.876. The normalized spacial score (nSPS) is 13.4. The predicted octanol–water partition coefficient (Wildman–Crippen LogP) is 2.82. The first-order chi connectivity index (χ1) is 8.58. The number of nitrogens with two attached hydrogens (primary N) is 2. The number of rotatable bonds is 4. The van der Waals surface area contributed by atoms with Gasteiger partial charge in [-0.3, -0.25) is 4.79 Å². The third-order valence-corrected chi connectivity index (χ3v) is 4.19. The van der Waals surface area contributed by atoms with E-state index in [2.05, 4.69) is 33.8 Å². The lowest BCUT2D eigenvalue weighted by Crippen LogP contribution is -2.35. The van der Waals surface area contributed by atoms with Gasteiger partial charge in [-0.15, -0.1) is 0 Å². The SMILES string of the molecule is Cc1cc(C)c(C)c(C(N)CC(C)(C)C(N)=O)c1C. The van der Waals surface area contributed by atoms with Crippen molar-refractivity contribution < 1.29 is 4.79 Å². The molecule has 4 N–H and O–H groups in total. The second-order valence-corrected chi connectivity index (χ2v) is 6.23. The Morgan fingerprint density at radius 2 is 1.58 bits per heavy atom. The summed E-state index contributed by atoms with van der Waals surface area (Å²) in [7, 11) is 0. The Morgan fingerprint density at radius 1 is 1.16 bits per heavy atom. The number of carbonyl (C=O) groups excluding carboxylic acids is 1. The second kappa shape index (κ2) is 5.33. The Kier molecular flexibility index (Phi) is 4.41. The van der Waals surface area contributed by atoms with Crippen LogP contribution in [0.3, 0.4) is 0 Å². The number of primary amides is 1. The molecule has 19 heavy (non-hydrogen) atoms. The molecule has 1 amide bonds. The summed E-state index contributed by atoms with van der Waals surface area (Å²) in [6, 6.07) is 2.02. The molecule has 0 radical (unpaired) electrons. The number of hydrogen-bond acceptors (Lipinski definition) is 2. The van der Waals surface area contributed by atoms with Gasteiger partial charge in [0.05, 0.1) is 0 Å². The number of amides is 1. The van der Waals surface area contributed by atoms with E-state index in [4.69, 9.17) is 11.5 Å². The summed E-state index contributed by atoms with van der Waals surface area (Å²) in [5.41, 5.74) is 17.3. The molecular weight excluding hydrogens is 236 g/mol. The second-order valence-electron chi connectivity index (χ2n) is 6.23. The van der Waals surface area contributed by atoms with E-state index in [1.54, 1.807) is 0 Å². The lowest BCUT2D eigenvalue weighted by molar-refractivity contribution is -0.126. The Labute approximate surface area is 116 Å². The van der Waals surface area contributed by atoms with Crippen LogP contribution in [-0.4, -0.2) is 5.91 Å². The molecule has 1 rings (SSSR count). The molecule has 1 aromatic carbocycles. The van der Waals surface area contributed by atoms with Crippen molar-refractivity contribution >= 4 is 5.91 Å². The highest BCUT2D eigenvalue weighted by molar-refractivity contribution is 5.80. The van der Waals surface area contributed by atoms with Gasteiger partial charge in [0.25, 0.3) is 0 Å². The molecular formula is C16H26N2O. The minimum Gasteiger partial charge on any atom is -0.369 e. The van der Waals surface area contributed by atoms with Crippen LogP contribution in [0.15, 0.2) is 6.07 Å². The third kappa shape index (κ3) is 3.16. The van der Waals surface area contributed by atoms with E-state index in [0.29, 0.717) is 6.42 Å². The third-order valence-electron chi connectivity index (χ3n) is 4.19. The van der Waals surface area contributed by atoms with E-state index in [0.717, 1.165) is 5.56 Å². The summed E-state index contributed by atoms with van der Waals surface area (Å²) in [5.74, 6) is -0.303. The minimum absolute atomic E-state index is 0.166. The smallest absolute Gasteiger partial charge is 0.223 e. The molecule has 0 aliphatic heterocycles. The number of benzene rings is 1. The summed E-state index contributed by atoms with van der Waals surface area (Å²) in [4.78, 5) is 11.5. The van der Waals surface area contributed by atoms with E-state index in [9.17, 15) is 4.79 Å². The maximum absolute atomic E-state index is 11.5. The van der Waals surface area contributed by atoms with Crippen LogP contribution >= 0.6 is 0 Å². The zero-order valence-corrected chi connectivity index (χ0v) is 12.9. The maximum atomic E-state index is 11.5. The number of aryl methyl sites for hydroxylation is 2. The molecule has 0 spiro atoms. The highest BCUT2D eigenvalue weighted by Gasteiger charge is 2.29. The lowest BCUT2D eigenvalue weighted by Gasteiger charge is -2.28. The highest BCUT2D eigenvalue weighted by atomic mass is 16.1. The van der Waals surface area contributed by atoms with Crippen molar-refractivity contribution in [2.45, 2.75) is 54.0 Å². The summed E-state index contributed by atoms with van der Waals surface area (Å²) >= 11 is 0. The Bertz CT molecular complexity index is 478. The minimum atomic E-state index is -0.587. The number of carbonyl (C=O) groups is 1. The van der Waals surface area contributed by atoms with Gasteiger partial charge in [0.1, 0.15) is 0 Å². The van der Waals surface area contributed by atoms with Crippen molar-refractivity contribution in [3.8, 4) is 0 Å².